The van der Waals surface area contributed by atoms with Gasteiger partial charge in [0.1, 0.15) is 17.3 Å². The highest BCUT2D eigenvalue weighted by Gasteiger charge is 2.51. The molecule has 3 N–H and O–H groups in total. The van der Waals surface area contributed by atoms with E-state index in [1.807, 2.05) is 31.2 Å². The maximum Gasteiger partial charge on any atom is 0.422 e. The van der Waals surface area contributed by atoms with Gasteiger partial charge in [0.15, 0.2) is 12.3 Å². The number of para-hydroxylation sites is 1. The van der Waals surface area contributed by atoms with Crippen LogP contribution in [0, 0.1) is 5.41 Å². The molecule has 4 aromatic rings. The van der Waals surface area contributed by atoms with E-state index in [9.17, 15) is 23.1 Å². The Bertz CT molecular complexity index is 1570. The second-order valence-corrected chi connectivity index (χ2v) is 9.77. The van der Waals surface area contributed by atoms with Crippen LogP contribution in [0.15, 0.2) is 72.9 Å². The number of nitrogens with zero attached hydrogens (tertiary/aromatic N) is 1. The molecule has 1 aromatic heterocycles. The Hall–Kier alpha value is -4.31. The molecule has 1 aliphatic heterocycles. The van der Waals surface area contributed by atoms with Gasteiger partial charge in [0.25, 0.3) is 5.91 Å². The molecule has 5 rings (SSSR count). The number of hydrogen-bond acceptors (Lipinski definition) is 5. The predicted octanol–water partition coefficient (Wildman–Crippen LogP) is 6.32. The Balaban J connectivity index is 1.46. The lowest BCUT2D eigenvalue weighted by Gasteiger charge is -2.49. The molecule has 208 valence electrons. The molecule has 1 unspecified atom stereocenters. The number of amides is 1. The number of rotatable bonds is 9. The molecule has 10 heteroatoms. The predicted molar refractivity (Wildman–Crippen MR) is 145 cm³/mol. The number of aromatic nitrogens is 1. The van der Waals surface area contributed by atoms with Crippen LogP contribution in [0.1, 0.15) is 35.7 Å². The van der Waals surface area contributed by atoms with Gasteiger partial charge >= 0.3 is 6.18 Å². The quantitative estimate of drug-likeness (QED) is 0.227. The first-order valence-electron chi connectivity index (χ1n) is 12.8. The summed E-state index contributed by atoms with van der Waals surface area (Å²) in [6.07, 6.45) is -1.87. The van der Waals surface area contributed by atoms with Gasteiger partial charge in [-0.25, -0.2) is 0 Å². The number of fused-ring (bicyclic) bond motifs is 1. The molecule has 2 heterocycles. The van der Waals surface area contributed by atoms with E-state index in [4.69, 9.17) is 14.9 Å². The number of H-pyrrole nitrogens is 1. The highest BCUT2D eigenvalue weighted by Crippen LogP contribution is 2.38. The Morgan fingerprint density at radius 1 is 1.07 bits per heavy atom. The zero-order valence-corrected chi connectivity index (χ0v) is 21.7. The third-order valence-corrected chi connectivity index (χ3v) is 6.73. The summed E-state index contributed by atoms with van der Waals surface area (Å²) in [7, 11) is 0. The van der Waals surface area contributed by atoms with E-state index in [-0.39, 0.29) is 35.7 Å². The number of hydrogen-bond donors (Lipinski definition) is 3. The van der Waals surface area contributed by atoms with Crippen LogP contribution < -0.4 is 9.47 Å². The molecule has 1 aliphatic rings. The Morgan fingerprint density at radius 3 is 2.60 bits per heavy atom. The Morgan fingerprint density at radius 2 is 1.85 bits per heavy atom. The average Bonchev–Trinajstić information content (AvgIpc) is 3.32. The van der Waals surface area contributed by atoms with Crippen molar-refractivity contribution in [2.24, 2.45) is 0 Å². The minimum Gasteiger partial charge on any atom is -0.493 e. The van der Waals surface area contributed by atoms with Crippen molar-refractivity contribution in [3.63, 3.8) is 0 Å². The molecule has 0 radical (unpaired) electrons. The van der Waals surface area contributed by atoms with Crippen LogP contribution in [0.25, 0.3) is 22.0 Å². The molecule has 0 aliphatic carbocycles. The Kier molecular flexibility index (Phi) is 7.29. The van der Waals surface area contributed by atoms with Crippen LogP contribution in [-0.4, -0.2) is 51.8 Å². The van der Waals surface area contributed by atoms with E-state index < -0.39 is 24.4 Å². The van der Waals surface area contributed by atoms with Crippen LogP contribution in [0.5, 0.6) is 11.5 Å². The van der Waals surface area contributed by atoms with E-state index in [0.29, 0.717) is 24.2 Å². The van der Waals surface area contributed by atoms with Crippen molar-refractivity contribution >= 4 is 22.6 Å². The van der Waals surface area contributed by atoms with Crippen LogP contribution in [0.2, 0.25) is 0 Å². The maximum absolute atomic E-state index is 13.9. The number of carbonyl (C=O) groups excluding carboxylic acids is 1. The number of alkyl halides is 3. The highest BCUT2D eigenvalue weighted by atomic mass is 19.4. The third kappa shape index (κ3) is 5.53. The SMILES string of the molecule is CCCOc1ccc(-c2cccc(OCC(F)(F)F)c2)cc1C(=O)N1C(=N)CC1(O)Cc1c[nH]c2ccccc12. The monoisotopic (exact) mass is 551 g/mol. The van der Waals surface area contributed by atoms with Gasteiger partial charge in [-0.2, -0.15) is 13.2 Å². The van der Waals surface area contributed by atoms with Gasteiger partial charge in [-0.05, 0) is 53.4 Å². The number of carbonyl (C=O) groups is 1. The largest absolute Gasteiger partial charge is 0.493 e. The lowest BCUT2D eigenvalue weighted by Crippen LogP contribution is -2.66. The van der Waals surface area contributed by atoms with Crippen molar-refractivity contribution in [2.75, 3.05) is 13.2 Å². The first-order chi connectivity index (χ1) is 19.1. The average molecular weight is 552 g/mol. The fourth-order valence-corrected chi connectivity index (χ4v) is 4.89. The number of halogens is 3. The van der Waals surface area contributed by atoms with Gasteiger partial charge in [-0.15, -0.1) is 0 Å². The number of amidine groups is 1. The van der Waals surface area contributed by atoms with Gasteiger partial charge < -0.3 is 19.6 Å². The Labute approximate surface area is 228 Å². The fourth-order valence-electron chi connectivity index (χ4n) is 4.89. The molecule has 1 amide bonds. The standard InChI is InChI=1S/C30H28F3N3O4/c1-2-12-39-26-11-10-20(19-6-5-7-22(13-19)40-18-30(31,32)33)14-24(26)28(37)36-27(34)16-29(36,38)15-21-17-35-25-9-4-3-8-23(21)25/h3-11,13-14,17,34-35,38H,2,12,15-16,18H2,1H3. The van der Waals surface area contributed by atoms with Crippen molar-refractivity contribution < 1.29 is 32.5 Å². The maximum atomic E-state index is 13.9. The zero-order valence-electron chi connectivity index (χ0n) is 21.7. The van der Waals surface area contributed by atoms with Crippen molar-refractivity contribution in [3.8, 4) is 22.6 Å². The number of aliphatic hydroxyl groups is 1. The molecule has 1 fully saturated rings. The molecule has 0 saturated carbocycles. The van der Waals surface area contributed by atoms with Gasteiger partial charge in [-0.1, -0.05) is 43.3 Å². The van der Waals surface area contributed by atoms with Crippen molar-refractivity contribution in [1.29, 1.82) is 5.41 Å². The van der Waals surface area contributed by atoms with E-state index in [2.05, 4.69) is 4.98 Å². The second kappa shape index (κ2) is 10.7. The molecule has 7 nitrogen and oxygen atoms in total. The zero-order chi connectivity index (χ0) is 28.5. The number of benzene rings is 3. The summed E-state index contributed by atoms with van der Waals surface area (Å²) >= 11 is 0. The number of nitrogens with one attached hydrogen (secondary N) is 2. The van der Waals surface area contributed by atoms with Gasteiger partial charge in [-0.3, -0.25) is 15.1 Å². The molecule has 0 bridgehead atoms. The summed E-state index contributed by atoms with van der Waals surface area (Å²) in [6, 6.07) is 18.6. The summed E-state index contributed by atoms with van der Waals surface area (Å²) in [5.74, 6) is -0.307. The van der Waals surface area contributed by atoms with E-state index in [0.717, 1.165) is 21.4 Å². The second-order valence-electron chi connectivity index (χ2n) is 9.77. The molecule has 1 atom stereocenters. The van der Waals surface area contributed by atoms with Crippen molar-refractivity contribution in [3.05, 3.63) is 84.1 Å². The normalized spacial score (nSPS) is 17.1. The lowest BCUT2D eigenvalue weighted by atomic mass is 9.88. The van der Waals surface area contributed by atoms with E-state index in [1.165, 1.54) is 12.1 Å². The topological polar surface area (TPSA) is 98.6 Å². The molecular weight excluding hydrogens is 523 g/mol. The summed E-state index contributed by atoms with van der Waals surface area (Å²) in [5.41, 5.74) is 1.31. The van der Waals surface area contributed by atoms with Crippen LogP contribution >= 0.6 is 0 Å². The van der Waals surface area contributed by atoms with Crippen LogP contribution in [0.4, 0.5) is 13.2 Å². The summed E-state index contributed by atoms with van der Waals surface area (Å²) < 4.78 is 48.6. The number of likely N-dealkylation sites (tertiary alicyclic amines) is 1. The molecule has 0 spiro atoms. The lowest BCUT2D eigenvalue weighted by molar-refractivity contribution is -0.153. The molecule has 40 heavy (non-hydrogen) atoms. The number of aromatic amines is 1. The molecule has 3 aromatic carbocycles. The smallest absolute Gasteiger partial charge is 0.422 e. The van der Waals surface area contributed by atoms with Crippen LogP contribution in [-0.2, 0) is 6.42 Å². The van der Waals surface area contributed by atoms with E-state index in [1.54, 1.807) is 36.5 Å². The minimum absolute atomic E-state index is 0.00166. The van der Waals surface area contributed by atoms with Crippen LogP contribution in [0.3, 0.4) is 0 Å². The minimum atomic E-state index is -4.47. The molecular formula is C30H28F3N3O4. The number of ether oxygens (including phenoxy) is 2. The van der Waals surface area contributed by atoms with Gasteiger partial charge in [0, 0.05) is 23.5 Å². The summed E-state index contributed by atoms with van der Waals surface area (Å²) in [6.45, 7) is 0.848. The van der Waals surface area contributed by atoms with E-state index >= 15 is 0 Å². The van der Waals surface area contributed by atoms with Gasteiger partial charge in [0.05, 0.1) is 18.6 Å². The highest BCUT2D eigenvalue weighted by molar-refractivity contribution is 6.11. The van der Waals surface area contributed by atoms with Gasteiger partial charge in [0.2, 0.25) is 0 Å². The summed E-state index contributed by atoms with van der Waals surface area (Å²) in [5, 5.41) is 20.8. The summed E-state index contributed by atoms with van der Waals surface area (Å²) in [4.78, 5) is 18.1. The third-order valence-electron chi connectivity index (χ3n) is 6.73. The molecule has 1 saturated heterocycles. The first kappa shape index (κ1) is 27.3. The van der Waals surface area contributed by atoms with Crippen molar-refractivity contribution in [2.45, 2.75) is 38.1 Å². The van der Waals surface area contributed by atoms with Crippen molar-refractivity contribution in [1.82, 2.24) is 9.88 Å². The first-order valence-corrected chi connectivity index (χ1v) is 12.8. The fraction of sp³-hybridized carbons (Fsp3) is 0.267.